The van der Waals surface area contributed by atoms with Crippen molar-refractivity contribution in [2.45, 2.75) is 50.7 Å². The Balaban J connectivity index is 1.71. The van der Waals surface area contributed by atoms with Gasteiger partial charge in [-0.25, -0.2) is 4.39 Å². The lowest BCUT2D eigenvalue weighted by molar-refractivity contribution is 0.0825. The standard InChI is InChI=1S/C15H22FN3/c1-12-7-18-15(4-2-3-5-15)11-19(12)10-13-6-14(16)9-17-8-13/h6,8-9,12,18H,2-5,7,10-11H2,1H3. The maximum Gasteiger partial charge on any atom is 0.141 e. The predicted octanol–water partition coefficient (Wildman–Crippen LogP) is 2.33. The van der Waals surface area contributed by atoms with Crippen LogP contribution >= 0.6 is 0 Å². The number of pyridine rings is 1. The van der Waals surface area contributed by atoms with Gasteiger partial charge in [0, 0.05) is 37.4 Å². The third-order valence-electron chi connectivity index (χ3n) is 4.61. The van der Waals surface area contributed by atoms with Gasteiger partial charge in [-0.3, -0.25) is 9.88 Å². The van der Waals surface area contributed by atoms with Crippen molar-refractivity contribution >= 4 is 0 Å². The van der Waals surface area contributed by atoms with Gasteiger partial charge in [0.1, 0.15) is 5.82 Å². The van der Waals surface area contributed by atoms with Crippen LogP contribution in [0.4, 0.5) is 4.39 Å². The summed E-state index contributed by atoms with van der Waals surface area (Å²) in [6, 6.07) is 2.10. The monoisotopic (exact) mass is 263 g/mol. The van der Waals surface area contributed by atoms with Gasteiger partial charge in [-0.15, -0.1) is 0 Å². The zero-order valence-corrected chi connectivity index (χ0v) is 11.5. The third kappa shape index (κ3) is 2.79. The molecule has 1 aromatic heterocycles. The first-order chi connectivity index (χ1) is 9.17. The van der Waals surface area contributed by atoms with Gasteiger partial charge in [-0.2, -0.15) is 0 Å². The van der Waals surface area contributed by atoms with E-state index in [1.807, 2.05) is 0 Å². The van der Waals surface area contributed by atoms with E-state index in [1.54, 1.807) is 12.3 Å². The van der Waals surface area contributed by atoms with Crippen LogP contribution in [0.1, 0.15) is 38.2 Å². The third-order valence-corrected chi connectivity index (χ3v) is 4.61. The van der Waals surface area contributed by atoms with E-state index in [0.29, 0.717) is 11.6 Å². The van der Waals surface area contributed by atoms with E-state index in [9.17, 15) is 4.39 Å². The Kier molecular flexibility index (Phi) is 3.54. The Hall–Kier alpha value is -1.00. The molecule has 1 aliphatic carbocycles. The van der Waals surface area contributed by atoms with Crippen molar-refractivity contribution in [3.63, 3.8) is 0 Å². The first-order valence-electron chi connectivity index (χ1n) is 7.25. The summed E-state index contributed by atoms with van der Waals surface area (Å²) in [4.78, 5) is 6.42. The van der Waals surface area contributed by atoms with Gasteiger partial charge in [0.25, 0.3) is 0 Å². The maximum atomic E-state index is 13.2. The SMILES string of the molecule is CC1CNC2(CCCC2)CN1Cc1cncc(F)c1. The lowest BCUT2D eigenvalue weighted by Gasteiger charge is -2.45. The lowest BCUT2D eigenvalue weighted by atomic mass is 9.92. The first kappa shape index (κ1) is 13.0. The molecule has 0 aromatic carbocycles. The quantitative estimate of drug-likeness (QED) is 0.887. The van der Waals surface area contributed by atoms with Gasteiger partial charge >= 0.3 is 0 Å². The smallest absolute Gasteiger partial charge is 0.141 e. The minimum Gasteiger partial charge on any atom is -0.308 e. The highest BCUT2D eigenvalue weighted by atomic mass is 19.1. The van der Waals surface area contributed by atoms with Crippen molar-refractivity contribution in [1.29, 1.82) is 0 Å². The normalized spacial score (nSPS) is 26.9. The molecule has 3 nitrogen and oxygen atoms in total. The number of hydrogen-bond acceptors (Lipinski definition) is 3. The molecule has 1 unspecified atom stereocenters. The van der Waals surface area contributed by atoms with Crippen LogP contribution < -0.4 is 5.32 Å². The van der Waals surface area contributed by atoms with Gasteiger partial charge in [-0.1, -0.05) is 12.8 Å². The molecule has 104 valence electrons. The highest BCUT2D eigenvalue weighted by Crippen LogP contribution is 2.33. The highest BCUT2D eigenvalue weighted by molar-refractivity contribution is 5.11. The number of rotatable bonds is 2. The molecule has 1 aromatic rings. The van der Waals surface area contributed by atoms with E-state index in [2.05, 4.69) is 22.1 Å². The van der Waals surface area contributed by atoms with Gasteiger partial charge in [0.15, 0.2) is 0 Å². The summed E-state index contributed by atoms with van der Waals surface area (Å²) < 4.78 is 13.2. The molecule has 1 aliphatic heterocycles. The molecule has 2 fully saturated rings. The van der Waals surface area contributed by atoms with Crippen molar-refractivity contribution in [1.82, 2.24) is 15.2 Å². The largest absolute Gasteiger partial charge is 0.308 e. The number of nitrogens with zero attached hydrogens (tertiary/aromatic N) is 2. The van der Waals surface area contributed by atoms with Crippen molar-refractivity contribution in [2.75, 3.05) is 13.1 Å². The number of halogens is 1. The molecule has 4 heteroatoms. The molecule has 1 spiro atoms. The lowest BCUT2D eigenvalue weighted by Crippen LogP contribution is -2.62. The molecule has 0 radical (unpaired) electrons. The van der Waals surface area contributed by atoms with Crippen molar-refractivity contribution in [2.24, 2.45) is 0 Å². The molecule has 1 saturated carbocycles. The van der Waals surface area contributed by atoms with Gasteiger partial charge < -0.3 is 5.32 Å². The van der Waals surface area contributed by atoms with Crippen LogP contribution in [-0.2, 0) is 6.54 Å². The second kappa shape index (κ2) is 5.17. The van der Waals surface area contributed by atoms with Crippen LogP contribution in [0.5, 0.6) is 0 Å². The van der Waals surface area contributed by atoms with Gasteiger partial charge in [-0.05, 0) is 31.4 Å². The van der Waals surface area contributed by atoms with E-state index in [0.717, 1.165) is 25.2 Å². The number of aromatic nitrogens is 1. The van der Waals surface area contributed by atoms with Crippen LogP contribution in [0.15, 0.2) is 18.5 Å². The van der Waals surface area contributed by atoms with E-state index >= 15 is 0 Å². The fourth-order valence-electron chi connectivity index (χ4n) is 3.47. The fourth-order valence-corrected chi connectivity index (χ4v) is 3.47. The number of nitrogens with one attached hydrogen (secondary N) is 1. The molecule has 1 atom stereocenters. The predicted molar refractivity (Wildman–Crippen MR) is 73.3 cm³/mol. The number of piperazine rings is 1. The summed E-state index contributed by atoms with van der Waals surface area (Å²) in [5.41, 5.74) is 1.29. The van der Waals surface area contributed by atoms with Gasteiger partial charge in [0.2, 0.25) is 0 Å². The Bertz CT molecular complexity index is 443. The average molecular weight is 263 g/mol. The summed E-state index contributed by atoms with van der Waals surface area (Å²) in [5, 5.41) is 3.74. The highest BCUT2D eigenvalue weighted by Gasteiger charge is 2.39. The van der Waals surface area contributed by atoms with Crippen LogP contribution in [0.2, 0.25) is 0 Å². The van der Waals surface area contributed by atoms with Crippen LogP contribution in [-0.4, -0.2) is 34.6 Å². The summed E-state index contributed by atoms with van der Waals surface area (Å²) in [7, 11) is 0. The topological polar surface area (TPSA) is 28.2 Å². The molecule has 2 aliphatic rings. The maximum absolute atomic E-state index is 13.2. The van der Waals surface area contributed by atoms with Crippen LogP contribution in [0.3, 0.4) is 0 Å². The Labute approximate surface area is 114 Å². The molecule has 0 bridgehead atoms. The molecule has 3 rings (SSSR count). The first-order valence-corrected chi connectivity index (χ1v) is 7.25. The summed E-state index contributed by atoms with van der Waals surface area (Å²) in [5.74, 6) is -0.240. The molecule has 19 heavy (non-hydrogen) atoms. The zero-order valence-electron chi connectivity index (χ0n) is 11.5. The van der Waals surface area contributed by atoms with Crippen molar-refractivity contribution in [3.05, 3.63) is 29.8 Å². The molecular formula is C15H22FN3. The molecular weight excluding hydrogens is 241 g/mol. The number of hydrogen-bond donors (Lipinski definition) is 1. The van der Waals surface area contributed by atoms with E-state index in [1.165, 1.54) is 31.9 Å². The Morgan fingerprint density at radius 1 is 1.42 bits per heavy atom. The van der Waals surface area contributed by atoms with Crippen LogP contribution in [0, 0.1) is 5.82 Å². The minimum atomic E-state index is -0.240. The fraction of sp³-hybridized carbons (Fsp3) is 0.667. The van der Waals surface area contributed by atoms with Crippen molar-refractivity contribution in [3.8, 4) is 0 Å². The van der Waals surface area contributed by atoms with Crippen molar-refractivity contribution < 1.29 is 4.39 Å². The molecule has 0 amide bonds. The summed E-state index contributed by atoms with van der Waals surface area (Å²) in [6.07, 6.45) is 8.25. The Morgan fingerprint density at radius 2 is 2.21 bits per heavy atom. The van der Waals surface area contributed by atoms with E-state index in [-0.39, 0.29) is 5.82 Å². The average Bonchev–Trinajstić information content (AvgIpc) is 2.83. The molecule has 1 saturated heterocycles. The molecule has 2 heterocycles. The summed E-state index contributed by atoms with van der Waals surface area (Å²) >= 11 is 0. The van der Waals surface area contributed by atoms with Crippen LogP contribution in [0.25, 0.3) is 0 Å². The van der Waals surface area contributed by atoms with Gasteiger partial charge in [0.05, 0.1) is 6.20 Å². The second-order valence-corrected chi connectivity index (χ2v) is 6.13. The van der Waals surface area contributed by atoms with E-state index < -0.39 is 0 Å². The minimum absolute atomic E-state index is 0.240. The zero-order chi connectivity index (χ0) is 13.3. The second-order valence-electron chi connectivity index (χ2n) is 6.13. The molecule has 1 N–H and O–H groups in total. The summed E-state index contributed by atoms with van der Waals surface area (Å²) in [6.45, 7) is 5.14. The van der Waals surface area contributed by atoms with E-state index in [4.69, 9.17) is 0 Å². The Morgan fingerprint density at radius 3 is 2.95 bits per heavy atom.